The molecule has 0 spiro atoms. The number of carboxylic acids is 1. The molecule has 1 N–H and O–H groups in total. The highest BCUT2D eigenvalue weighted by atomic mass is 16.6. The lowest BCUT2D eigenvalue weighted by molar-refractivity contribution is -0.162. The molecule has 4 heteroatoms. The Labute approximate surface area is 89.9 Å². The van der Waals surface area contributed by atoms with E-state index in [4.69, 9.17) is 9.84 Å². The topological polar surface area (TPSA) is 63.6 Å². The van der Waals surface area contributed by atoms with Crippen LogP contribution in [0.4, 0.5) is 0 Å². The van der Waals surface area contributed by atoms with E-state index in [1.807, 2.05) is 6.92 Å². The van der Waals surface area contributed by atoms with Gasteiger partial charge in [0.15, 0.2) is 0 Å². The third-order valence-electron chi connectivity index (χ3n) is 2.01. The van der Waals surface area contributed by atoms with Crippen molar-refractivity contribution in [1.29, 1.82) is 0 Å². The van der Waals surface area contributed by atoms with Crippen LogP contribution in [0, 0.1) is 0 Å². The zero-order valence-corrected chi connectivity index (χ0v) is 9.28. The Bertz CT molecular complexity index is 247. The van der Waals surface area contributed by atoms with Crippen LogP contribution in [0.3, 0.4) is 0 Å². The summed E-state index contributed by atoms with van der Waals surface area (Å²) in [5, 5.41) is 8.42. The van der Waals surface area contributed by atoms with Gasteiger partial charge in [-0.05, 0) is 13.3 Å². The zero-order chi connectivity index (χ0) is 11.9. The fourth-order valence-electron chi connectivity index (χ4n) is 1.46. The summed E-state index contributed by atoms with van der Waals surface area (Å²) in [5.41, 5.74) is -0.622. The quantitative estimate of drug-likeness (QED) is 0.400. The number of carbonyl (C=O) groups excluding carboxylic acids is 1. The summed E-state index contributed by atoms with van der Waals surface area (Å²) in [6, 6.07) is 0. The second-order valence-electron chi connectivity index (χ2n) is 3.74. The van der Waals surface area contributed by atoms with E-state index in [9.17, 15) is 9.59 Å². The number of rotatable bonds is 7. The van der Waals surface area contributed by atoms with E-state index in [1.165, 1.54) is 0 Å². The van der Waals surface area contributed by atoms with Crippen LogP contribution in [0.15, 0.2) is 12.7 Å². The van der Waals surface area contributed by atoms with E-state index in [0.717, 1.165) is 6.42 Å². The third-order valence-corrected chi connectivity index (χ3v) is 2.01. The molecule has 0 fully saturated rings. The molecule has 0 bridgehead atoms. The Morgan fingerprint density at radius 3 is 2.53 bits per heavy atom. The van der Waals surface area contributed by atoms with E-state index in [1.54, 1.807) is 13.0 Å². The molecule has 0 amide bonds. The van der Waals surface area contributed by atoms with Crippen LogP contribution in [0.25, 0.3) is 0 Å². The summed E-state index contributed by atoms with van der Waals surface area (Å²) in [4.78, 5) is 21.5. The van der Waals surface area contributed by atoms with Crippen LogP contribution >= 0.6 is 0 Å². The van der Waals surface area contributed by atoms with Crippen LogP contribution < -0.4 is 0 Å². The summed E-state index contributed by atoms with van der Waals surface area (Å²) in [7, 11) is 0. The van der Waals surface area contributed by atoms with Crippen molar-refractivity contribution in [2.24, 2.45) is 0 Å². The first kappa shape index (κ1) is 13.7. The van der Waals surface area contributed by atoms with Crippen LogP contribution in [0.5, 0.6) is 0 Å². The van der Waals surface area contributed by atoms with Crippen molar-refractivity contribution in [3.8, 4) is 0 Å². The first-order valence-electron chi connectivity index (χ1n) is 4.98. The lowest BCUT2D eigenvalue weighted by atomic mass is 9.96. The third kappa shape index (κ3) is 5.88. The minimum absolute atomic E-state index is 0.534. The average molecular weight is 214 g/mol. The lowest BCUT2D eigenvalue weighted by Crippen LogP contribution is -2.31. The first-order valence-corrected chi connectivity index (χ1v) is 4.98. The molecular formula is C11H18O4. The van der Waals surface area contributed by atoms with Gasteiger partial charge in [0.2, 0.25) is 0 Å². The lowest BCUT2D eigenvalue weighted by Gasteiger charge is -2.27. The van der Waals surface area contributed by atoms with Crippen LogP contribution in [-0.4, -0.2) is 22.6 Å². The van der Waals surface area contributed by atoms with Crippen LogP contribution in [0.2, 0.25) is 0 Å². The van der Waals surface area contributed by atoms with Crippen molar-refractivity contribution in [2.75, 3.05) is 0 Å². The maximum absolute atomic E-state index is 11.2. The minimum Gasteiger partial charge on any atom is -0.481 e. The van der Waals surface area contributed by atoms with Crippen LogP contribution in [0.1, 0.15) is 39.5 Å². The Morgan fingerprint density at radius 2 is 2.13 bits per heavy atom. The van der Waals surface area contributed by atoms with Gasteiger partial charge in [-0.3, -0.25) is 9.59 Å². The Morgan fingerprint density at radius 1 is 1.53 bits per heavy atom. The van der Waals surface area contributed by atoms with Gasteiger partial charge in [0.1, 0.15) is 12.0 Å². The summed E-state index contributed by atoms with van der Waals surface area (Å²) < 4.78 is 5.14. The molecule has 86 valence electrons. The van der Waals surface area contributed by atoms with E-state index >= 15 is 0 Å². The van der Waals surface area contributed by atoms with E-state index < -0.39 is 24.0 Å². The van der Waals surface area contributed by atoms with E-state index in [0.29, 0.717) is 12.8 Å². The highest BCUT2D eigenvalue weighted by Gasteiger charge is 2.27. The maximum atomic E-state index is 11.2. The molecule has 0 aliphatic heterocycles. The van der Waals surface area contributed by atoms with Crippen molar-refractivity contribution in [1.82, 2.24) is 0 Å². The van der Waals surface area contributed by atoms with E-state index in [2.05, 4.69) is 6.58 Å². The van der Waals surface area contributed by atoms with Gasteiger partial charge in [0.05, 0.1) is 0 Å². The number of hydrogen-bond donors (Lipinski definition) is 1. The van der Waals surface area contributed by atoms with Crippen molar-refractivity contribution in [3.63, 3.8) is 0 Å². The standard InChI is InChI=1S/C11H18O4/c1-4-6-11(3,7-5-2)15-10(14)8-9(12)13/h4H,1,5-8H2,2-3H3,(H,12,13). The van der Waals surface area contributed by atoms with Gasteiger partial charge in [-0.25, -0.2) is 0 Å². The molecule has 0 rings (SSSR count). The molecule has 0 radical (unpaired) electrons. The largest absolute Gasteiger partial charge is 0.481 e. The number of ether oxygens (including phenoxy) is 1. The van der Waals surface area contributed by atoms with Gasteiger partial charge in [0, 0.05) is 6.42 Å². The molecule has 15 heavy (non-hydrogen) atoms. The van der Waals surface area contributed by atoms with Crippen molar-refractivity contribution in [2.45, 2.75) is 45.1 Å². The van der Waals surface area contributed by atoms with Gasteiger partial charge in [-0.1, -0.05) is 19.4 Å². The summed E-state index contributed by atoms with van der Waals surface area (Å²) in [5.74, 6) is -1.86. The predicted octanol–water partition coefficient (Wildman–Crippen LogP) is 2.14. The normalized spacial score (nSPS) is 14.0. The molecule has 0 aromatic carbocycles. The molecule has 0 aliphatic carbocycles. The first-order chi connectivity index (χ1) is 6.93. The summed E-state index contributed by atoms with van der Waals surface area (Å²) >= 11 is 0. The molecule has 0 aliphatic rings. The van der Waals surface area contributed by atoms with Gasteiger partial charge >= 0.3 is 11.9 Å². The molecule has 0 aromatic heterocycles. The van der Waals surface area contributed by atoms with Crippen molar-refractivity contribution in [3.05, 3.63) is 12.7 Å². The second kappa shape index (κ2) is 6.22. The number of aliphatic carboxylic acids is 1. The summed E-state index contributed by atoms with van der Waals surface area (Å²) in [6.45, 7) is 7.36. The maximum Gasteiger partial charge on any atom is 0.317 e. The van der Waals surface area contributed by atoms with Crippen LogP contribution in [-0.2, 0) is 14.3 Å². The monoisotopic (exact) mass is 214 g/mol. The van der Waals surface area contributed by atoms with E-state index in [-0.39, 0.29) is 0 Å². The molecule has 0 aromatic rings. The molecule has 1 unspecified atom stereocenters. The zero-order valence-electron chi connectivity index (χ0n) is 9.28. The SMILES string of the molecule is C=CCC(C)(CCC)OC(=O)CC(=O)O. The molecule has 1 atom stereocenters. The smallest absolute Gasteiger partial charge is 0.317 e. The predicted molar refractivity (Wildman–Crippen MR) is 56.5 cm³/mol. The molecule has 4 nitrogen and oxygen atoms in total. The molecule has 0 saturated carbocycles. The minimum atomic E-state index is -1.17. The highest BCUT2D eigenvalue weighted by molar-refractivity contribution is 5.90. The van der Waals surface area contributed by atoms with Gasteiger partial charge in [-0.2, -0.15) is 0 Å². The number of carboxylic acid groups (broad SMARTS) is 1. The second-order valence-corrected chi connectivity index (χ2v) is 3.74. The number of esters is 1. The number of carbonyl (C=O) groups is 2. The Kier molecular flexibility index (Phi) is 5.67. The van der Waals surface area contributed by atoms with Gasteiger partial charge in [0.25, 0.3) is 0 Å². The van der Waals surface area contributed by atoms with Gasteiger partial charge in [-0.15, -0.1) is 6.58 Å². The molecule has 0 heterocycles. The van der Waals surface area contributed by atoms with Crippen molar-refractivity contribution < 1.29 is 19.4 Å². The molecule has 0 saturated heterocycles. The summed E-state index contributed by atoms with van der Waals surface area (Å²) in [6.07, 6.45) is 3.18. The number of hydrogen-bond acceptors (Lipinski definition) is 3. The highest BCUT2D eigenvalue weighted by Crippen LogP contribution is 2.23. The average Bonchev–Trinajstić information content (AvgIpc) is 2.01. The van der Waals surface area contributed by atoms with Crippen molar-refractivity contribution >= 4 is 11.9 Å². The molecular weight excluding hydrogens is 196 g/mol. The fraction of sp³-hybridized carbons (Fsp3) is 0.636. The Hall–Kier alpha value is -1.32. The fourth-order valence-corrected chi connectivity index (χ4v) is 1.46. The van der Waals surface area contributed by atoms with Gasteiger partial charge < -0.3 is 9.84 Å². The Balaban J connectivity index is 4.32.